The fourth-order valence-corrected chi connectivity index (χ4v) is 14.5. The van der Waals surface area contributed by atoms with Gasteiger partial charge in [-0.25, -0.2) is 0 Å². The van der Waals surface area contributed by atoms with E-state index >= 15 is 0 Å². The summed E-state index contributed by atoms with van der Waals surface area (Å²) in [7, 11) is -1.08. The summed E-state index contributed by atoms with van der Waals surface area (Å²) in [6.45, 7) is 4.76. The Bertz CT molecular complexity index is 3020. The monoisotopic (exact) mass is 762 g/mol. The van der Waals surface area contributed by atoms with E-state index in [9.17, 15) is 0 Å². The largest absolute Gasteiger partial charge is 0.0772 e. The minimum absolute atomic E-state index is 0.101. The van der Waals surface area contributed by atoms with Gasteiger partial charge in [0.2, 0.25) is 0 Å². The van der Waals surface area contributed by atoms with E-state index in [0.717, 1.165) is 0 Å². The van der Waals surface area contributed by atoms with E-state index in [1.807, 2.05) is 0 Å². The maximum atomic E-state index is 2.41. The first kappa shape index (κ1) is 34.1. The van der Waals surface area contributed by atoms with Crippen LogP contribution < -0.4 is 0 Å². The van der Waals surface area contributed by atoms with Gasteiger partial charge in [-0.2, -0.15) is 0 Å². The third kappa shape index (κ3) is 5.67. The first-order valence-electron chi connectivity index (χ1n) is 19.8. The van der Waals surface area contributed by atoms with Crippen LogP contribution in [0.5, 0.6) is 0 Å². The standard InChI is InChI=1S/C55H40P2/c1-55(2)49-35-39(23-21-37-27-31-53-47(33-37)45-17-9-11-19-51(45)56(53)41-13-5-3-6-14-41)25-29-43(49)44-30-26-40(36-50(44)55)24-22-38-28-32-54-48(34-38)46-18-10-12-20-52(46)57(54)42-15-7-4-8-16-42/h3-36H,1-2H3. The summed E-state index contributed by atoms with van der Waals surface area (Å²) in [4.78, 5) is 0. The lowest BCUT2D eigenvalue weighted by Gasteiger charge is -2.22. The minimum Gasteiger partial charge on any atom is -0.0772 e. The molecule has 2 unspecified atom stereocenters. The molecule has 0 aliphatic heterocycles. The normalized spacial score (nSPS) is 14.1. The lowest BCUT2D eigenvalue weighted by atomic mass is 9.81. The zero-order valence-electron chi connectivity index (χ0n) is 32.0. The molecule has 57 heavy (non-hydrogen) atoms. The lowest BCUT2D eigenvalue weighted by molar-refractivity contribution is 0.660. The molecule has 2 heterocycles. The highest BCUT2D eigenvalue weighted by Gasteiger charge is 2.35. The molecule has 0 nitrogen and oxygen atoms in total. The van der Waals surface area contributed by atoms with E-state index < -0.39 is 15.1 Å². The van der Waals surface area contributed by atoms with Crippen LogP contribution in [0.25, 0.3) is 88.1 Å². The maximum Gasteiger partial charge on any atom is 0.0159 e. The quantitative estimate of drug-likeness (QED) is 0.148. The summed E-state index contributed by atoms with van der Waals surface area (Å²) in [5.41, 5.74) is 10.3. The van der Waals surface area contributed by atoms with Crippen LogP contribution in [0, 0.1) is 0 Å². The van der Waals surface area contributed by atoms with Crippen molar-refractivity contribution in [2.24, 2.45) is 0 Å². The van der Waals surface area contributed by atoms with Gasteiger partial charge in [-0.1, -0.05) is 211 Å². The highest BCUT2D eigenvalue weighted by molar-refractivity contribution is 7.68. The van der Waals surface area contributed by atoms with Crippen LogP contribution in [0.15, 0.2) is 182 Å². The predicted octanol–water partition coefficient (Wildman–Crippen LogP) is 16.9. The van der Waals surface area contributed by atoms with Gasteiger partial charge in [-0.15, -0.1) is 0 Å². The molecule has 0 saturated carbocycles. The van der Waals surface area contributed by atoms with E-state index in [1.54, 1.807) is 0 Å². The van der Waals surface area contributed by atoms with Crippen molar-refractivity contribution >= 4 is 81.4 Å². The molecule has 2 heteroatoms. The van der Waals surface area contributed by atoms with Crippen molar-refractivity contribution in [3.63, 3.8) is 0 Å². The fourth-order valence-electron chi connectivity index (χ4n) is 9.26. The van der Waals surface area contributed by atoms with Gasteiger partial charge in [-0.3, -0.25) is 0 Å². The van der Waals surface area contributed by atoms with E-state index in [2.05, 4.69) is 220 Å². The number of hydrogen-bond donors (Lipinski definition) is 0. The molecule has 8 aromatic carbocycles. The van der Waals surface area contributed by atoms with Crippen molar-refractivity contribution in [3.05, 3.63) is 215 Å². The van der Waals surface area contributed by atoms with Gasteiger partial charge in [-0.05, 0) is 101 Å². The van der Waals surface area contributed by atoms with Crippen LogP contribution >= 0.6 is 15.1 Å². The summed E-state index contributed by atoms with van der Waals surface area (Å²) >= 11 is 0. The van der Waals surface area contributed by atoms with E-state index in [0.29, 0.717) is 0 Å². The first-order chi connectivity index (χ1) is 28.0. The van der Waals surface area contributed by atoms with Crippen LogP contribution in [0.3, 0.4) is 0 Å². The molecule has 0 bridgehead atoms. The molecular weight excluding hydrogens is 723 g/mol. The molecular formula is C55H40P2. The number of hydrogen-bond acceptors (Lipinski definition) is 0. The molecule has 1 aliphatic rings. The zero-order valence-corrected chi connectivity index (χ0v) is 33.8. The highest BCUT2D eigenvalue weighted by atomic mass is 31.1. The Hall–Kier alpha value is -6.16. The molecule has 11 rings (SSSR count). The average Bonchev–Trinajstić information content (AvgIpc) is 3.85. The molecule has 0 radical (unpaired) electrons. The highest BCUT2D eigenvalue weighted by Crippen LogP contribution is 2.56. The molecule has 0 saturated heterocycles. The van der Waals surface area contributed by atoms with Gasteiger partial charge in [0.05, 0.1) is 0 Å². The average molecular weight is 763 g/mol. The van der Waals surface area contributed by atoms with Crippen LogP contribution in [0.2, 0.25) is 0 Å². The van der Waals surface area contributed by atoms with Crippen LogP contribution in [0.4, 0.5) is 0 Å². The fraction of sp³-hybridized carbons (Fsp3) is 0.0545. The van der Waals surface area contributed by atoms with Gasteiger partial charge in [0.25, 0.3) is 0 Å². The van der Waals surface area contributed by atoms with Gasteiger partial charge < -0.3 is 0 Å². The van der Waals surface area contributed by atoms with Crippen LogP contribution in [-0.2, 0) is 5.41 Å². The van der Waals surface area contributed by atoms with E-state index in [1.165, 1.54) is 97.1 Å². The molecule has 270 valence electrons. The third-order valence-corrected chi connectivity index (χ3v) is 17.2. The molecule has 0 amide bonds. The zero-order chi connectivity index (χ0) is 38.1. The molecule has 0 fully saturated rings. The Morgan fingerprint density at radius 3 is 1.12 bits per heavy atom. The number of fused-ring (bicyclic) bond motifs is 9. The second kappa shape index (κ2) is 13.5. The molecule has 2 atom stereocenters. The summed E-state index contributed by atoms with van der Waals surface area (Å²) in [6, 6.07) is 68.1. The topological polar surface area (TPSA) is 0 Å². The molecule has 10 aromatic rings. The SMILES string of the molecule is CC1(C)c2cc(C=Cc3ccc4c(c3)c3ccccc3p4-c3ccccc3)ccc2-c2ccc(C=Cc3ccc4c(c3)c3ccccc3p4-c3ccccc3)cc21. The summed E-state index contributed by atoms with van der Waals surface area (Å²) in [6.07, 6.45) is 9.14. The van der Waals surface area contributed by atoms with Gasteiger partial charge in [0.1, 0.15) is 0 Å². The Kier molecular flexibility index (Phi) is 8.08. The number of benzene rings is 8. The smallest absolute Gasteiger partial charge is 0.0159 e. The second-order valence-electron chi connectivity index (χ2n) is 15.8. The molecule has 0 spiro atoms. The predicted molar refractivity (Wildman–Crippen MR) is 253 cm³/mol. The first-order valence-corrected chi connectivity index (χ1v) is 22.5. The minimum atomic E-state index is -0.538. The second-order valence-corrected chi connectivity index (χ2v) is 20.1. The summed E-state index contributed by atoms with van der Waals surface area (Å²) in [5, 5.41) is 14.1. The van der Waals surface area contributed by atoms with Crippen LogP contribution in [-0.4, -0.2) is 0 Å². The van der Waals surface area contributed by atoms with Crippen molar-refractivity contribution in [1.82, 2.24) is 0 Å². The Morgan fingerprint density at radius 2 is 0.684 bits per heavy atom. The van der Waals surface area contributed by atoms with Crippen molar-refractivity contribution in [2.75, 3.05) is 0 Å². The van der Waals surface area contributed by atoms with Crippen molar-refractivity contribution in [1.29, 1.82) is 0 Å². The van der Waals surface area contributed by atoms with Crippen LogP contribution in [0.1, 0.15) is 47.2 Å². The van der Waals surface area contributed by atoms with Gasteiger partial charge >= 0.3 is 0 Å². The summed E-state index contributed by atoms with van der Waals surface area (Å²) < 4.78 is 0. The Labute approximate surface area is 336 Å². The molecule has 2 aromatic heterocycles. The lowest BCUT2D eigenvalue weighted by Crippen LogP contribution is -2.15. The third-order valence-electron chi connectivity index (χ3n) is 12.1. The van der Waals surface area contributed by atoms with Crippen molar-refractivity contribution < 1.29 is 0 Å². The molecule has 0 N–H and O–H groups in total. The maximum absolute atomic E-state index is 2.41. The van der Waals surface area contributed by atoms with Gasteiger partial charge in [0.15, 0.2) is 0 Å². The van der Waals surface area contributed by atoms with Crippen molar-refractivity contribution in [3.8, 4) is 21.7 Å². The van der Waals surface area contributed by atoms with Gasteiger partial charge in [0, 0.05) is 25.9 Å². The Balaban J connectivity index is 0.883. The Morgan fingerprint density at radius 1 is 0.333 bits per heavy atom. The van der Waals surface area contributed by atoms with E-state index in [4.69, 9.17) is 0 Å². The van der Waals surface area contributed by atoms with E-state index in [-0.39, 0.29) is 5.41 Å². The number of rotatable bonds is 6. The van der Waals surface area contributed by atoms with Crippen molar-refractivity contribution in [2.45, 2.75) is 19.3 Å². The summed E-state index contributed by atoms with van der Waals surface area (Å²) in [5.74, 6) is 0. The molecule has 1 aliphatic carbocycles.